The third-order valence-corrected chi connectivity index (χ3v) is 2.90. The molecule has 0 amide bonds. The Morgan fingerprint density at radius 1 is 1.40 bits per heavy atom. The van der Waals surface area contributed by atoms with Gasteiger partial charge in [-0.25, -0.2) is 0 Å². The van der Waals surface area contributed by atoms with E-state index in [9.17, 15) is 0 Å². The smallest absolute Gasteiger partial charge is 0.0563 e. The Morgan fingerprint density at radius 2 is 2.20 bits per heavy atom. The molecule has 0 fully saturated rings. The van der Waals surface area contributed by atoms with Crippen LogP contribution in [0.25, 0.3) is 0 Å². The van der Waals surface area contributed by atoms with Gasteiger partial charge in [-0.3, -0.25) is 0 Å². The third-order valence-electron chi connectivity index (χ3n) is 1.94. The summed E-state index contributed by atoms with van der Waals surface area (Å²) in [6, 6.07) is 8.35. The highest BCUT2D eigenvalue weighted by atomic mass is 32.2. The Bertz CT molecular complexity index is 289. The highest BCUT2D eigenvalue weighted by molar-refractivity contribution is 7.99. The summed E-state index contributed by atoms with van der Waals surface area (Å²) in [5, 5.41) is 0. The van der Waals surface area contributed by atoms with Gasteiger partial charge in [0.05, 0.1) is 12.7 Å². The second kappa shape index (κ2) is 6.88. The fourth-order valence-electron chi connectivity index (χ4n) is 1.21. The first-order valence-corrected chi connectivity index (χ1v) is 6.24. The molecule has 0 unspecified atom stereocenters. The number of hydrogen-bond donors (Lipinski definition) is 1. The molecule has 1 aromatic rings. The van der Waals surface area contributed by atoms with Gasteiger partial charge in [0.15, 0.2) is 0 Å². The molecule has 0 radical (unpaired) electrons. The molecule has 84 valence electrons. The van der Waals surface area contributed by atoms with Crippen LogP contribution in [0.3, 0.4) is 0 Å². The minimum atomic E-state index is 0.320. The van der Waals surface area contributed by atoms with Crippen LogP contribution in [0.1, 0.15) is 19.4 Å². The standard InChI is InChI=1S/C12H19NOS/c1-10(2)14-6-7-15-12-5-3-4-11(8-12)9-13/h3-5,8,10H,6-7,9,13H2,1-2H3. The summed E-state index contributed by atoms with van der Waals surface area (Å²) in [5.74, 6) is 0.992. The minimum absolute atomic E-state index is 0.320. The highest BCUT2D eigenvalue weighted by Gasteiger charge is 1.97. The molecule has 15 heavy (non-hydrogen) atoms. The number of rotatable bonds is 6. The lowest BCUT2D eigenvalue weighted by molar-refractivity contribution is 0.0920. The van der Waals surface area contributed by atoms with Crippen molar-refractivity contribution in [3.63, 3.8) is 0 Å². The van der Waals surface area contributed by atoms with Crippen molar-refractivity contribution in [3.8, 4) is 0 Å². The van der Waals surface area contributed by atoms with Crippen LogP contribution >= 0.6 is 11.8 Å². The minimum Gasteiger partial charge on any atom is -0.378 e. The average molecular weight is 225 g/mol. The highest BCUT2D eigenvalue weighted by Crippen LogP contribution is 2.18. The van der Waals surface area contributed by atoms with Gasteiger partial charge < -0.3 is 10.5 Å². The van der Waals surface area contributed by atoms with Crippen molar-refractivity contribution >= 4 is 11.8 Å². The van der Waals surface area contributed by atoms with E-state index in [0.29, 0.717) is 12.6 Å². The molecular formula is C12H19NOS. The van der Waals surface area contributed by atoms with Crippen LogP contribution in [0, 0.1) is 0 Å². The van der Waals surface area contributed by atoms with Crippen molar-refractivity contribution in [3.05, 3.63) is 29.8 Å². The van der Waals surface area contributed by atoms with Crippen LogP contribution in [0.2, 0.25) is 0 Å². The summed E-state index contributed by atoms with van der Waals surface area (Å²) in [7, 11) is 0. The van der Waals surface area contributed by atoms with E-state index in [-0.39, 0.29) is 0 Å². The summed E-state index contributed by atoms with van der Waals surface area (Å²) in [6.45, 7) is 5.52. The lowest BCUT2D eigenvalue weighted by Gasteiger charge is -2.07. The summed E-state index contributed by atoms with van der Waals surface area (Å²) in [4.78, 5) is 1.27. The number of hydrogen-bond acceptors (Lipinski definition) is 3. The first kappa shape index (κ1) is 12.6. The van der Waals surface area contributed by atoms with Crippen LogP contribution in [0.5, 0.6) is 0 Å². The fourth-order valence-corrected chi connectivity index (χ4v) is 2.03. The maximum atomic E-state index is 5.58. The van der Waals surface area contributed by atoms with Crippen molar-refractivity contribution in [1.29, 1.82) is 0 Å². The molecule has 0 aromatic heterocycles. The SMILES string of the molecule is CC(C)OCCSc1cccc(CN)c1. The predicted molar refractivity (Wildman–Crippen MR) is 66.1 cm³/mol. The van der Waals surface area contributed by atoms with E-state index in [1.807, 2.05) is 17.8 Å². The van der Waals surface area contributed by atoms with Crippen molar-refractivity contribution in [2.24, 2.45) is 5.73 Å². The lowest BCUT2D eigenvalue weighted by Crippen LogP contribution is -2.05. The largest absolute Gasteiger partial charge is 0.378 e. The molecule has 2 nitrogen and oxygen atoms in total. The first-order valence-electron chi connectivity index (χ1n) is 5.26. The van der Waals surface area contributed by atoms with Gasteiger partial charge in [-0.15, -0.1) is 11.8 Å². The number of ether oxygens (including phenoxy) is 1. The number of nitrogens with two attached hydrogens (primary N) is 1. The second-order valence-electron chi connectivity index (χ2n) is 3.62. The zero-order valence-electron chi connectivity index (χ0n) is 9.40. The van der Waals surface area contributed by atoms with E-state index in [0.717, 1.165) is 12.4 Å². The summed E-state index contributed by atoms with van der Waals surface area (Å²) in [5.41, 5.74) is 6.76. The Labute approximate surface area is 96.2 Å². The summed E-state index contributed by atoms with van der Waals surface area (Å²) >= 11 is 1.81. The van der Waals surface area contributed by atoms with Gasteiger partial charge in [0.1, 0.15) is 0 Å². The summed E-state index contributed by atoms with van der Waals surface area (Å²) in [6.07, 6.45) is 0.320. The zero-order chi connectivity index (χ0) is 11.1. The molecule has 0 spiro atoms. The van der Waals surface area contributed by atoms with Crippen LogP contribution < -0.4 is 5.73 Å². The first-order chi connectivity index (χ1) is 7.22. The van der Waals surface area contributed by atoms with Gasteiger partial charge >= 0.3 is 0 Å². The van der Waals surface area contributed by atoms with Crippen molar-refractivity contribution in [2.45, 2.75) is 31.4 Å². The molecule has 2 N–H and O–H groups in total. The Balaban J connectivity index is 2.30. The monoisotopic (exact) mass is 225 g/mol. The number of thioether (sulfide) groups is 1. The summed E-state index contributed by atoms with van der Waals surface area (Å²) < 4.78 is 5.47. The molecule has 3 heteroatoms. The molecule has 0 atom stereocenters. The van der Waals surface area contributed by atoms with E-state index in [2.05, 4.69) is 32.0 Å². The molecular weight excluding hydrogens is 206 g/mol. The van der Waals surface area contributed by atoms with Crippen LogP contribution in [-0.4, -0.2) is 18.5 Å². The lowest BCUT2D eigenvalue weighted by atomic mass is 10.2. The Hall–Kier alpha value is -0.510. The van der Waals surface area contributed by atoms with Crippen LogP contribution in [0.4, 0.5) is 0 Å². The van der Waals surface area contributed by atoms with E-state index in [4.69, 9.17) is 10.5 Å². The Kier molecular flexibility index (Phi) is 5.76. The van der Waals surface area contributed by atoms with Gasteiger partial charge in [0.25, 0.3) is 0 Å². The molecule has 1 aromatic carbocycles. The van der Waals surface area contributed by atoms with Gasteiger partial charge in [0.2, 0.25) is 0 Å². The molecule has 0 bridgehead atoms. The quantitative estimate of drug-likeness (QED) is 0.597. The van der Waals surface area contributed by atoms with Gasteiger partial charge in [0, 0.05) is 17.2 Å². The number of benzene rings is 1. The zero-order valence-corrected chi connectivity index (χ0v) is 10.2. The fraction of sp³-hybridized carbons (Fsp3) is 0.500. The normalized spacial score (nSPS) is 10.9. The van der Waals surface area contributed by atoms with Crippen molar-refractivity contribution in [1.82, 2.24) is 0 Å². The molecule has 0 saturated heterocycles. The van der Waals surface area contributed by atoms with Gasteiger partial charge in [-0.1, -0.05) is 12.1 Å². The topological polar surface area (TPSA) is 35.2 Å². The van der Waals surface area contributed by atoms with E-state index < -0.39 is 0 Å². The maximum absolute atomic E-state index is 5.58. The van der Waals surface area contributed by atoms with Gasteiger partial charge in [-0.05, 0) is 31.5 Å². The van der Waals surface area contributed by atoms with Crippen molar-refractivity contribution in [2.75, 3.05) is 12.4 Å². The molecule has 1 rings (SSSR count). The van der Waals surface area contributed by atoms with E-state index in [1.54, 1.807) is 0 Å². The van der Waals surface area contributed by atoms with Crippen LogP contribution in [-0.2, 0) is 11.3 Å². The third kappa shape index (κ3) is 5.21. The van der Waals surface area contributed by atoms with E-state index >= 15 is 0 Å². The van der Waals surface area contributed by atoms with E-state index in [1.165, 1.54) is 10.5 Å². The molecule has 0 heterocycles. The predicted octanol–water partition coefficient (Wildman–Crippen LogP) is 2.66. The van der Waals surface area contributed by atoms with Gasteiger partial charge in [-0.2, -0.15) is 0 Å². The second-order valence-corrected chi connectivity index (χ2v) is 4.79. The average Bonchev–Trinajstić information content (AvgIpc) is 2.24. The molecule has 0 saturated carbocycles. The Morgan fingerprint density at radius 3 is 2.87 bits per heavy atom. The molecule has 0 aliphatic rings. The molecule has 0 aliphatic heterocycles. The van der Waals surface area contributed by atoms with Crippen LogP contribution in [0.15, 0.2) is 29.2 Å². The molecule has 0 aliphatic carbocycles. The maximum Gasteiger partial charge on any atom is 0.0563 e. The van der Waals surface area contributed by atoms with Crippen molar-refractivity contribution < 1.29 is 4.74 Å².